The molecule has 0 saturated heterocycles. The van der Waals surface area contributed by atoms with E-state index in [2.05, 4.69) is 10.6 Å². The van der Waals surface area contributed by atoms with Gasteiger partial charge >= 0.3 is 0 Å². The first-order chi connectivity index (χ1) is 5.79. The smallest absolute Gasteiger partial charge is 0.0636 e. The van der Waals surface area contributed by atoms with Crippen LogP contribution in [-0.2, 0) is 0 Å². The van der Waals surface area contributed by atoms with Gasteiger partial charge in [0.2, 0.25) is 0 Å². The topological polar surface area (TPSA) is 44.3 Å². The first-order valence-electron chi connectivity index (χ1n) is 4.91. The predicted octanol–water partition coefficient (Wildman–Crippen LogP) is 0.0989. The Morgan fingerprint density at radius 3 is 2.67 bits per heavy atom. The van der Waals surface area contributed by atoms with Crippen LogP contribution in [0.25, 0.3) is 0 Å². The summed E-state index contributed by atoms with van der Waals surface area (Å²) in [7, 11) is 0. The Hall–Kier alpha value is -0.120. The lowest BCUT2D eigenvalue weighted by Gasteiger charge is -2.26. The SMILES string of the molecule is CC(O)CNCCNC1CCC1. The highest BCUT2D eigenvalue weighted by atomic mass is 16.3. The van der Waals surface area contributed by atoms with Crippen LogP contribution in [0.2, 0.25) is 0 Å². The monoisotopic (exact) mass is 172 g/mol. The molecule has 0 radical (unpaired) electrons. The van der Waals surface area contributed by atoms with Crippen LogP contribution in [-0.4, -0.2) is 36.9 Å². The van der Waals surface area contributed by atoms with Crippen LogP contribution >= 0.6 is 0 Å². The summed E-state index contributed by atoms with van der Waals surface area (Å²) in [6, 6.07) is 0.776. The maximum Gasteiger partial charge on any atom is 0.0636 e. The Labute approximate surface area is 74.5 Å². The van der Waals surface area contributed by atoms with Gasteiger partial charge in [0, 0.05) is 25.7 Å². The van der Waals surface area contributed by atoms with Gasteiger partial charge in [0.1, 0.15) is 0 Å². The van der Waals surface area contributed by atoms with E-state index in [1.54, 1.807) is 6.92 Å². The molecule has 0 bridgehead atoms. The average Bonchev–Trinajstić information content (AvgIpc) is 1.92. The van der Waals surface area contributed by atoms with Gasteiger partial charge in [-0.05, 0) is 19.8 Å². The standard InChI is InChI=1S/C9H20N2O/c1-8(12)7-10-5-6-11-9-3-2-4-9/h8-12H,2-7H2,1H3. The van der Waals surface area contributed by atoms with E-state index in [-0.39, 0.29) is 6.10 Å². The van der Waals surface area contributed by atoms with Crippen LogP contribution in [0.1, 0.15) is 26.2 Å². The molecule has 0 aromatic rings. The van der Waals surface area contributed by atoms with Crippen molar-refractivity contribution in [1.29, 1.82) is 0 Å². The Kier molecular flexibility index (Phi) is 4.58. The number of aliphatic hydroxyl groups is 1. The quantitative estimate of drug-likeness (QED) is 0.498. The summed E-state index contributed by atoms with van der Waals surface area (Å²) in [4.78, 5) is 0. The molecular formula is C9H20N2O. The maximum absolute atomic E-state index is 8.94. The molecule has 3 nitrogen and oxygen atoms in total. The zero-order chi connectivity index (χ0) is 8.81. The second kappa shape index (κ2) is 5.51. The van der Waals surface area contributed by atoms with Crippen LogP contribution in [0.4, 0.5) is 0 Å². The summed E-state index contributed by atoms with van der Waals surface area (Å²) in [5.74, 6) is 0. The van der Waals surface area contributed by atoms with Gasteiger partial charge in [0.15, 0.2) is 0 Å². The molecule has 1 saturated carbocycles. The molecule has 0 aliphatic heterocycles. The van der Waals surface area contributed by atoms with Crippen LogP contribution < -0.4 is 10.6 Å². The van der Waals surface area contributed by atoms with Crippen LogP contribution in [0.3, 0.4) is 0 Å². The van der Waals surface area contributed by atoms with E-state index < -0.39 is 0 Å². The van der Waals surface area contributed by atoms with E-state index in [1.807, 2.05) is 0 Å². The van der Waals surface area contributed by atoms with E-state index in [4.69, 9.17) is 5.11 Å². The largest absolute Gasteiger partial charge is 0.392 e. The summed E-state index contributed by atoms with van der Waals surface area (Å²) in [6.45, 7) is 4.48. The minimum Gasteiger partial charge on any atom is -0.392 e. The van der Waals surface area contributed by atoms with Gasteiger partial charge in [-0.1, -0.05) is 6.42 Å². The van der Waals surface area contributed by atoms with Crippen molar-refractivity contribution < 1.29 is 5.11 Å². The van der Waals surface area contributed by atoms with Crippen molar-refractivity contribution in [1.82, 2.24) is 10.6 Å². The van der Waals surface area contributed by atoms with Crippen LogP contribution in [0, 0.1) is 0 Å². The average molecular weight is 172 g/mol. The highest BCUT2D eigenvalue weighted by molar-refractivity contribution is 4.76. The Morgan fingerprint density at radius 2 is 2.17 bits per heavy atom. The Bertz CT molecular complexity index is 113. The van der Waals surface area contributed by atoms with E-state index >= 15 is 0 Å². The molecule has 12 heavy (non-hydrogen) atoms. The van der Waals surface area contributed by atoms with Gasteiger partial charge in [-0.3, -0.25) is 0 Å². The van der Waals surface area contributed by atoms with Crippen molar-refractivity contribution in [3.63, 3.8) is 0 Å². The third-order valence-electron chi connectivity index (χ3n) is 2.28. The van der Waals surface area contributed by atoms with Crippen LogP contribution in [0.15, 0.2) is 0 Å². The number of nitrogens with one attached hydrogen (secondary N) is 2. The highest BCUT2D eigenvalue weighted by Crippen LogP contribution is 2.17. The minimum absolute atomic E-state index is 0.228. The molecule has 0 heterocycles. The molecule has 1 aliphatic rings. The van der Waals surface area contributed by atoms with Crippen LogP contribution in [0.5, 0.6) is 0 Å². The molecule has 1 rings (SSSR count). The van der Waals surface area contributed by atoms with Gasteiger partial charge in [-0.2, -0.15) is 0 Å². The third kappa shape index (κ3) is 4.04. The van der Waals surface area contributed by atoms with E-state index in [9.17, 15) is 0 Å². The van der Waals surface area contributed by atoms with Gasteiger partial charge in [-0.15, -0.1) is 0 Å². The predicted molar refractivity (Wildman–Crippen MR) is 50.2 cm³/mol. The van der Waals surface area contributed by atoms with Crippen molar-refractivity contribution in [2.45, 2.75) is 38.3 Å². The zero-order valence-electron chi connectivity index (χ0n) is 7.84. The number of hydrogen-bond donors (Lipinski definition) is 3. The lowest BCUT2D eigenvalue weighted by atomic mass is 9.93. The van der Waals surface area contributed by atoms with Gasteiger partial charge in [0.05, 0.1) is 6.10 Å². The van der Waals surface area contributed by atoms with Gasteiger partial charge < -0.3 is 15.7 Å². The molecule has 0 aromatic heterocycles. The van der Waals surface area contributed by atoms with Gasteiger partial charge in [-0.25, -0.2) is 0 Å². The summed E-state index contributed by atoms with van der Waals surface area (Å²) in [6.07, 6.45) is 3.85. The first kappa shape index (κ1) is 9.96. The van der Waals surface area contributed by atoms with Gasteiger partial charge in [0.25, 0.3) is 0 Å². The van der Waals surface area contributed by atoms with Crippen molar-refractivity contribution in [3.05, 3.63) is 0 Å². The molecule has 0 amide bonds. The lowest BCUT2D eigenvalue weighted by molar-refractivity contribution is 0.191. The first-order valence-corrected chi connectivity index (χ1v) is 4.91. The molecule has 72 valence electrons. The van der Waals surface area contributed by atoms with Crippen molar-refractivity contribution in [3.8, 4) is 0 Å². The fourth-order valence-corrected chi connectivity index (χ4v) is 1.29. The number of hydrogen-bond acceptors (Lipinski definition) is 3. The molecule has 3 N–H and O–H groups in total. The Balaban J connectivity index is 1.76. The molecule has 0 aromatic carbocycles. The zero-order valence-corrected chi connectivity index (χ0v) is 7.84. The minimum atomic E-state index is -0.228. The summed E-state index contributed by atoms with van der Waals surface area (Å²) in [5.41, 5.74) is 0. The molecule has 1 aliphatic carbocycles. The molecule has 1 atom stereocenters. The molecule has 0 spiro atoms. The fraction of sp³-hybridized carbons (Fsp3) is 1.00. The maximum atomic E-state index is 8.94. The molecule has 3 heteroatoms. The van der Waals surface area contributed by atoms with E-state index in [1.165, 1.54) is 19.3 Å². The second-order valence-electron chi connectivity index (χ2n) is 3.64. The van der Waals surface area contributed by atoms with E-state index in [0.717, 1.165) is 19.1 Å². The number of aliphatic hydroxyl groups excluding tert-OH is 1. The van der Waals surface area contributed by atoms with E-state index in [0.29, 0.717) is 6.54 Å². The Morgan fingerprint density at radius 1 is 1.42 bits per heavy atom. The fourth-order valence-electron chi connectivity index (χ4n) is 1.29. The van der Waals surface area contributed by atoms with Crippen molar-refractivity contribution >= 4 is 0 Å². The number of rotatable bonds is 6. The molecular weight excluding hydrogens is 152 g/mol. The summed E-state index contributed by atoms with van der Waals surface area (Å²) in [5, 5.41) is 15.6. The van der Waals surface area contributed by atoms with Crippen molar-refractivity contribution in [2.24, 2.45) is 0 Å². The molecule has 1 fully saturated rings. The second-order valence-corrected chi connectivity index (χ2v) is 3.64. The normalized spacial score (nSPS) is 20.5. The highest BCUT2D eigenvalue weighted by Gasteiger charge is 2.15. The molecule has 1 unspecified atom stereocenters. The third-order valence-corrected chi connectivity index (χ3v) is 2.28. The lowest BCUT2D eigenvalue weighted by Crippen LogP contribution is -2.40. The summed E-state index contributed by atoms with van der Waals surface area (Å²) < 4.78 is 0. The van der Waals surface area contributed by atoms with Crippen molar-refractivity contribution in [2.75, 3.05) is 19.6 Å². The summed E-state index contributed by atoms with van der Waals surface area (Å²) >= 11 is 0.